The topological polar surface area (TPSA) is 40.5 Å². The van der Waals surface area contributed by atoms with Crippen LogP contribution in [0.3, 0.4) is 0 Å². The lowest BCUT2D eigenvalue weighted by atomic mass is 9.93. The molecule has 0 saturated heterocycles. The van der Waals surface area contributed by atoms with Gasteiger partial charge in [-0.25, -0.2) is 0 Å². The molecular weight excluding hydrogens is 152 g/mol. The van der Waals surface area contributed by atoms with E-state index in [1.807, 2.05) is 13.8 Å². The van der Waals surface area contributed by atoms with Gasteiger partial charge in [-0.1, -0.05) is 33.6 Å². The smallest absolute Gasteiger partial charge is 0.0824 e. The van der Waals surface area contributed by atoms with Crippen molar-refractivity contribution in [1.29, 1.82) is 0 Å². The Morgan fingerprint density at radius 3 is 1.92 bits per heavy atom. The second-order valence-corrected chi connectivity index (χ2v) is 3.61. The molecular formula is C10H22O2. The molecule has 0 aromatic rings. The molecule has 0 aliphatic rings. The Kier molecular flexibility index (Phi) is 6.39. The van der Waals surface area contributed by atoms with Crippen LogP contribution in [-0.4, -0.2) is 22.4 Å². The molecule has 0 aliphatic carbocycles. The highest BCUT2D eigenvalue weighted by atomic mass is 16.3. The van der Waals surface area contributed by atoms with Crippen molar-refractivity contribution in [3.63, 3.8) is 0 Å². The maximum atomic E-state index is 9.60. The average molecular weight is 174 g/mol. The Bertz CT molecular complexity index is 92.0. The van der Waals surface area contributed by atoms with Crippen molar-refractivity contribution in [2.75, 3.05) is 0 Å². The van der Waals surface area contributed by atoms with Crippen LogP contribution in [0.5, 0.6) is 0 Å². The van der Waals surface area contributed by atoms with Crippen molar-refractivity contribution in [3.8, 4) is 0 Å². The minimum Gasteiger partial charge on any atom is -0.390 e. The van der Waals surface area contributed by atoms with Crippen LogP contribution in [0, 0.1) is 5.92 Å². The zero-order valence-electron chi connectivity index (χ0n) is 8.45. The molecule has 0 heterocycles. The highest BCUT2D eigenvalue weighted by Crippen LogP contribution is 2.15. The third-order valence-electron chi connectivity index (χ3n) is 2.31. The number of aliphatic hydroxyl groups excluding tert-OH is 2. The summed E-state index contributed by atoms with van der Waals surface area (Å²) in [6, 6.07) is 0. The van der Waals surface area contributed by atoms with Gasteiger partial charge >= 0.3 is 0 Å². The molecule has 0 fully saturated rings. The van der Waals surface area contributed by atoms with Crippen molar-refractivity contribution in [2.24, 2.45) is 5.92 Å². The summed E-state index contributed by atoms with van der Waals surface area (Å²) in [5.74, 6) is 0.219. The second kappa shape index (κ2) is 6.44. The standard InChI is InChI=1S/C10H22O2/c1-4-6-8(3)10(12)9(11)7-5-2/h8-12H,4-7H2,1-3H3. The van der Waals surface area contributed by atoms with Gasteiger partial charge in [-0.15, -0.1) is 0 Å². The van der Waals surface area contributed by atoms with Crippen LogP contribution in [0.25, 0.3) is 0 Å². The molecule has 0 rings (SSSR count). The van der Waals surface area contributed by atoms with Crippen molar-refractivity contribution in [2.45, 2.75) is 58.7 Å². The van der Waals surface area contributed by atoms with Gasteiger partial charge < -0.3 is 10.2 Å². The summed E-state index contributed by atoms with van der Waals surface area (Å²) in [7, 11) is 0. The van der Waals surface area contributed by atoms with E-state index in [0.717, 1.165) is 19.3 Å². The van der Waals surface area contributed by atoms with E-state index < -0.39 is 12.2 Å². The Hall–Kier alpha value is -0.0800. The minimum atomic E-state index is -0.537. The molecule has 2 N–H and O–H groups in total. The maximum absolute atomic E-state index is 9.60. The van der Waals surface area contributed by atoms with Crippen molar-refractivity contribution in [1.82, 2.24) is 0 Å². The molecule has 0 aliphatic heterocycles. The Labute approximate surface area is 75.6 Å². The van der Waals surface area contributed by atoms with Crippen molar-refractivity contribution < 1.29 is 10.2 Å². The lowest BCUT2D eigenvalue weighted by molar-refractivity contribution is -0.0189. The van der Waals surface area contributed by atoms with Crippen molar-refractivity contribution >= 4 is 0 Å². The van der Waals surface area contributed by atoms with E-state index in [4.69, 9.17) is 0 Å². The van der Waals surface area contributed by atoms with Crippen LogP contribution in [-0.2, 0) is 0 Å². The molecule has 2 heteroatoms. The highest BCUT2D eigenvalue weighted by molar-refractivity contribution is 4.72. The zero-order chi connectivity index (χ0) is 9.56. The van der Waals surface area contributed by atoms with E-state index in [1.54, 1.807) is 0 Å². The molecule has 0 aromatic heterocycles. The Balaban J connectivity index is 3.73. The molecule has 3 atom stereocenters. The fraction of sp³-hybridized carbons (Fsp3) is 1.00. The maximum Gasteiger partial charge on any atom is 0.0824 e. The van der Waals surface area contributed by atoms with Crippen LogP contribution >= 0.6 is 0 Å². The van der Waals surface area contributed by atoms with Gasteiger partial charge in [0.1, 0.15) is 0 Å². The van der Waals surface area contributed by atoms with E-state index in [1.165, 1.54) is 0 Å². The summed E-state index contributed by atoms with van der Waals surface area (Å²) in [6.45, 7) is 6.10. The number of aliphatic hydroxyl groups is 2. The summed E-state index contributed by atoms with van der Waals surface area (Å²) in [5, 5.41) is 19.1. The molecule has 2 nitrogen and oxygen atoms in total. The largest absolute Gasteiger partial charge is 0.390 e. The van der Waals surface area contributed by atoms with E-state index in [0.29, 0.717) is 6.42 Å². The van der Waals surface area contributed by atoms with Crippen LogP contribution in [0.4, 0.5) is 0 Å². The summed E-state index contributed by atoms with van der Waals surface area (Å²) < 4.78 is 0. The van der Waals surface area contributed by atoms with E-state index in [2.05, 4.69) is 6.92 Å². The predicted octanol–water partition coefficient (Wildman–Crippen LogP) is 1.94. The second-order valence-electron chi connectivity index (χ2n) is 3.61. The molecule has 74 valence electrons. The van der Waals surface area contributed by atoms with Crippen LogP contribution < -0.4 is 0 Å². The SMILES string of the molecule is CCCC(C)C(O)C(O)CCC. The summed E-state index contributed by atoms with van der Waals surface area (Å²) >= 11 is 0. The Morgan fingerprint density at radius 2 is 1.50 bits per heavy atom. The van der Waals surface area contributed by atoms with E-state index in [-0.39, 0.29) is 5.92 Å². The van der Waals surface area contributed by atoms with Gasteiger partial charge in [0.2, 0.25) is 0 Å². The molecule has 0 saturated carbocycles. The first kappa shape index (κ1) is 11.9. The monoisotopic (exact) mass is 174 g/mol. The predicted molar refractivity (Wildman–Crippen MR) is 51.0 cm³/mol. The summed E-state index contributed by atoms with van der Waals surface area (Å²) in [4.78, 5) is 0. The van der Waals surface area contributed by atoms with Gasteiger partial charge in [-0.05, 0) is 18.8 Å². The first-order chi connectivity index (χ1) is 5.63. The third-order valence-corrected chi connectivity index (χ3v) is 2.31. The molecule has 12 heavy (non-hydrogen) atoms. The van der Waals surface area contributed by atoms with Gasteiger partial charge in [0.05, 0.1) is 12.2 Å². The van der Waals surface area contributed by atoms with Crippen LogP contribution in [0.1, 0.15) is 46.5 Å². The minimum absolute atomic E-state index is 0.219. The lowest BCUT2D eigenvalue weighted by Crippen LogP contribution is -2.31. The van der Waals surface area contributed by atoms with Gasteiger partial charge in [0.15, 0.2) is 0 Å². The first-order valence-corrected chi connectivity index (χ1v) is 4.99. The lowest BCUT2D eigenvalue weighted by Gasteiger charge is -2.23. The van der Waals surface area contributed by atoms with Gasteiger partial charge in [-0.3, -0.25) is 0 Å². The molecule has 0 aromatic carbocycles. The van der Waals surface area contributed by atoms with Gasteiger partial charge in [-0.2, -0.15) is 0 Å². The Morgan fingerprint density at radius 1 is 1.00 bits per heavy atom. The molecule has 0 bridgehead atoms. The molecule has 0 amide bonds. The number of rotatable bonds is 6. The number of hydrogen-bond donors (Lipinski definition) is 2. The third kappa shape index (κ3) is 4.07. The molecule has 3 unspecified atom stereocenters. The average Bonchev–Trinajstić information content (AvgIpc) is 2.04. The highest BCUT2D eigenvalue weighted by Gasteiger charge is 2.20. The normalized spacial score (nSPS) is 18.8. The zero-order valence-corrected chi connectivity index (χ0v) is 8.45. The van der Waals surface area contributed by atoms with E-state index in [9.17, 15) is 10.2 Å². The van der Waals surface area contributed by atoms with Crippen LogP contribution in [0.2, 0.25) is 0 Å². The van der Waals surface area contributed by atoms with Gasteiger partial charge in [0.25, 0.3) is 0 Å². The van der Waals surface area contributed by atoms with E-state index >= 15 is 0 Å². The van der Waals surface area contributed by atoms with Gasteiger partial charge in [0, 0.05) is 0 Å². The molecule has 0 spiro atoms. The fourth-order valence-corrected chi connectivity index (χ4v) is 1.47. The van der Waals surface area contributed by atoms with Crippen molar-refractivity contribution in [3.05, 3.63) is 0 Å². The fourth-order valence-electron chi connectivity index (χ4n) is 1.47. The quantitative estimate of drug-likeness (QED) is 0.646. The number of hydrogen-bond acceptors (Lipinski definition) is 2. The van der Waals surface area contributed by atoms with Crippen LogP contribution in [0.15, 0.2) is 0 Å². The molecule has 0 radical (unpaired) electrons. The summed E-state index contributed by atoms with van der Waals surface area (Å²) in [6.07, 6.45) is 2.62. The first-order valence-electron chi connectivity index (χ1n) is 4.99. The summed E-state index contributed by atoms with van der Waals surface area (Å²) in [5.41, 5.74) is 0.